The Hall–Kier alpha value is -1.00. The number of benzene rings is 1. The molecule has 82 valence electrons. The van der Waals surface area contributed by atoms with Gasteiger partial charge in [-0.15, -0.1) is 11.8 Å². The minimum atomic E-state index is -0.784. The summed E-state index contributed by atoms with van der Waals surface area (Å²) in [5.74, 6) is -0.406. The second kappa shape index (κ2) is 5.78. The lowest BCUT2D eigenvalue weighted by molar-refractivity contribution is -0.142. The largest absolute Gasteiger partial charge is 0.469 e. The van der Waals surface area contributed by atoms with Crippen molar-refractivity contribution in [1.29, 1.82) is 0 Å². The van der Waals surface area contributed by atoms with Crippen molar-refractivity contribution in [2.45, 2.75) is 17.4 Å². The first-order chi connectivity index (χ1) is 7.17. The molecule has 0 aliphatic heterocycles. The highest BCUT2D eigenvalue weighted by atomic mass is 32.2. The van der Waals surface area contributed by atoms with Crippen LogP contribution in [0.25, 0.3) is 0 Å². The molecule has 0 radical (unpaired) electrons. The number of rotatable bonds is 4. The fourth-order valence-corrected chi connectivity index (χ4v) is 1.59. The molecule has 0 aliphatic carbocycles. The average Bonchev–Trinajstić information content (AvgIpc) is 2.29. The van der Waals surface area contributed by atoms with Gasteiger partial charge in [0.05, 0.1) is 19.6 Å². The van der Waals surface area contributed by atoms with Crippen LogP contribution in [0.2, 0.25) is 0 Å². The van der Waals surface area contributed by atoms with Crippen LogP contribution in [0.4, 0.5) is 0 Å². The number of hydrogen-bond donors (Lipinski definition) is 1. The van der Waals surface area contributed by atoms with Gasteiger partial charge in [0.25, 0.3) is 0 Å². The van der Waals surface area contributed by atoms with Crippen LogP contribution in [0, 0.1) is 0 Å². The number of esters is 1. The molecule has 0 aliphatic rings. The summed E-state index contributed by atoms with van der Waals surface area (Å²) in [6.45, 7) is 0. The second-order valence-corrected chi connectivity index (χ2v) is 3.95. The first-order valence-corrected chi connectivity index (χ1v) is 5.78. The topological polar surface area (TPSA) is 46.5 Å². The molecule has 15 heavy (non-hydrogen) atoms. The van der Waals surface area contributed by atoms with E-state index in [0.717, 1.165) is 10.5 Å². The molecule has 3 nitrogen and oxygen atoms in total. The fourth-order valence-electron chi connectivity index (χ4n) is 1.19. The third kappa shape index (κ3) is 3.57. The second-order valence-electron chi connectivity index (χ2n) is 3.07. The molecule has 0 fully saturated rings. The normalized spacial score (nSPS) is 12.2. The number of carbonyl (C=O) groups excluding carboxylic acids is 1. The number of hydrogen-bond acceptors (Lipinski definition) is 4. The predicted octanol–water partition coefficient (Wildman–Crippen LogP) is 2.00. The molecule has 0 saturated heterocycles. The van der Waals surface area contributed by atoms with Gasteiger partial charge in [0, 0.05) is 4.90 Å². The SMILES string of the molecule is COC(=O)C[C@H](O)c1ccc(SC)cc1. The molecular weight excluding hydrogens is 212 g/mol. The van der Waals surface area contributed by atoms with Gasteiger partial charge in [-0.05, 0) is 24.0 Å². The highest BCUT2D eigenvalue weighted by Crippen LogP contribution is 2.21. The number of methoxy groups -OCH3 is 1. The van der Waals surface area contributed by atoms with Crippen LogP contribution < -0.4 is 0 Å². The van der Waals surface area contributed by atoms with Crippen molar-refractivity contribution in [2.24, 2.45) is 0 Å². The van der Waals surface area contributed by atoms with Crippen molar-refractivity contribution < 1.29 is 14.6 Å². The first-order valence-electron chi connectivity index (χ1n) is 4.56. The highest BCUT2D eigenvalue weighted by Gasteiger charge is 2.12. The minimum absolute atomic E-state index is 0.00485. The molecule has 0 saturated carbocycles. The molecule has 1 rings (SSSR count). The van der Waals surface area contributed by atoms with E-state index in [1.54, 1.807) is 11.8 Å². The van der Waals surface area contributed by atoms with E-state index in [9.17, 15) is 9.90 Å². The maximum absolute atomic E-state index is 10.9. The van der Waals surface area contributed by atoms with Gasteiger partial charge in [-0.2, -0.15) is 0 Å². The van der Waals surface area contributed by atoms with Crippen molar-refractivity contribution >= 4 is 17.7 Å². The fraction of sp³-hybridized carbons (Fsp3) is 0.364. The molecule has 0 aromatic heterocycles. The van der Waals surface area contributed by atoms with Gasteiger partial charge in [0.2, 0.25) is 0 Å². The van der Waals surface area contributed by atoms with Crippen molar-refractivity contribution in [3.05, 3.63) is 29.8 Å². The zero-order valence-electron chi connectivity index (χ0n) is 8.77. The number of aliphatic hydroxyl groups is 1. The van der Waals surface area contributed by atoms with Crippen LogP contribution in [-0.2, 0) is 9.53 Å². The van der Waals surface area contributed by atoms with E-state index < -0.39 is 12.1 Å². The standard InChI is InChI=1S/C11H14O3S/c1-14-11(13)7-10(12)8-3-5-9(15-2)6-4-8/h3-6,10,12H,7H2,1-2H3/t10-/m0/s1. The molecule has 0 spiro atoms. The van der Waals surface area contributed by atoms with E-state index >= 15 is 0 Å². The molecule has 1 aromatic carbocycles. The Morgan fingerprint density at radius 1 is 1.47 bits per heavy atom. The predicted molar refractivity (Wildman–Crippen MR) is 59.8 cm³/mol. The summed E-state index contributed by atoms with van der Waals surface area (Å²) in [4.78, 5) is 12.1. The maximum atomic E-state index is 10.9. The van der Waals surface area contributed by atoms with Crippen LogP contribution in [-0.4, -0.2) is 24.4 Å². The highest BCUT2D eigenvalue weighted by molar-refractivity contribution is 7.98. The van der Waals surface area contributed by atoms with Crippen LogP contribution in [0.3, 0.4) is 0 Å². The number of aliphatic hydroxyl groups excluding tert-OH is 1. The van der Waals surface area contributed by atoms with Crippen molar-refractivity contribution in [3.8, 4) is 0 Å². The number of ether oxygens (including phenoxy) is 1. The van der Waals surface area contributed by atoms with Gasteiger partial charge in [-0.25, -0.2) is 0 Å². The van der Waals surface area contributed by atoms with Crippen molar-refractivity contribution in [2.75, 3.05) is 13.4 Å². The molecule has 1 N–H and O–H groups in total. The Morgan fingerprint density at radius 2 is 2.07 bits per heavy atom. The molecule has 4 heteroatoms. The molecule has 1 atom stereocenters. The Kier molecular flexibility index (Phi) is 4.65. The Morgan fingerprint density at radius 3 is 2.53 bits per heavy atom. The smallest absolute Gasteiger partial charge is 0.308 e. The molecular formula is C11H14O3S. The summed E-state index contributed by atoms with van der Waals surface area (Å²) in [5, 5.41) is 9.68. The molecule has 0 bridgehead atoms. The van der Waals surface area contributed by atoms with Gasteiger partial charge >= 0.3 is 5.97 Å². The Bertz CT molecular complexity index is 321. The summed E-state index contributed by atoms with van der Waals surface area (Å²) in [5.41, 5.74) is 0.734. The van der Waals surface area contributed by atoms with E-state index in [1.165, 1.54) is 7.11 Å². The summed E-state index contributed by atoms with van der Waals surface area (Å²) in [7, 11) is 1.31. The Balaban J connectivity index is 2.65. The molecule has 0 unspecified atom stereocenters. The summed E-state index contributed by atoms with van der Waals surface area (Å²) >= 11 is 1.63. The molecule has 0 amide bonds. The lowest BCUT2D eigenvalue weighted by atomic mass is 10.1. The van der Waals surface area contributed by atoms with E-state index in [-0.39, 0.29) is 6.42 Å². The monoisotopic (exact) mass is 226 g/mol. The van der Waals surface area contributed by atoms with Gasteiger partial charge in [0.1, 0.15) is 0 Å². The summed E-state index contributed by atoms with van der Waals surface area (Å²) in [6, 6.07) is 7.47. The summed E-state index contributed by atoms with van der Waals surface area (Å²) < 4.78 is 4.48. The Labute approximate surface area is 93.4 Å². The lowest BCUT2D eigenvalue weighted by Crippen LogP contribution is -2.07. The van der Waals surface area contributed by atoms with Crippen molar-refractivity contribution in [1.82, 2.24) is 0 Å². The van der Waals surface area contributed by atoms with Crippen LogP contribution in [0.5, 0.6) is 0 Å². The van der Waals surface area contributed by atoms with Gasteiger partial charge in [0.15, 0.2) is 0 Å². The van der Waals surface area contributed by atoms with Crippen LogP contribution >= 0.6 is 11.8 Å². The summed E-state index contributed by atoms with van der Waals surface area (Å²) in [6.07, 6.45) is 1.20. The molecule has 1 aromatic rings. The third-order valence-electron chi connectivity index (χ3n) is 2.09. The van der Waals surface area contributed by atoms with Crippen LogP contribution in [0.1, 0.15) is 18.1 Å². The average molecular weight is 226 g/mol. The van der Waals surface area contributed by atoms with E-state index in [0.29, 0.717) is 0 Å². The van der Waals surface area contributed by atoms with Gasteiger partial charge in [-0.3, -0.25) is 4.79 Å². The first kappa shape index (κ1) is 12.1. The third-order valence-corrected chi connectivity index (χ3v) is 2.83. The molecule has 0 heterocycles. The number of thioether (sulfide) groups is 1. The van der Waals surface area contributed by atoms with Crippen LogP contribution in [0.15, 0.2) is 29.2 Å². The van der Waals surface area contributed by atoms with Gasteiger partial charge < -0.3 is 9.84 Å². The van der Waals surface area contributed by atoms with E-state index in [1.807, 2.05) is 30.5 Å². The van der Waals surface area contributed by atoms with E-state index in [4.69, 9.17) is 0 Å². The lowest BCUT2D eigenvalue weighted by Gasteiger charge is -2.09. The number of carbonyl (C=O) groups is 1. The van der Waals surface area contributed by atoms with E-state index in [2.05, 4.69) is 4.74 Å². The zero-order chi connectivity index (χ0) is 11.3. The van der Waals surface area contributed by atoms with Gasteiger partial charge in [-0.1, -0.05) is 12.1 Å². The minimum Gasteiger partial charge on any atom is -0.469 e. The maximum Gasteiger partial charge on any atom is 0.308 e. The quantitative estimate of drug-likeness (QED) is 0.630. The zero-order valence-corrected chi connectivity index (χ0v) is 9.58. The van der Waals surface area contributed by atoms with Crippen molar-refractivity contribution in [3.63, 3.8) is 0 Å².